The van der Waals surface area contributed by atoms with E-state index in [9.17, 15) is 13.2 Å². The SMILES string of the molecule is CC(NS(=O)(=O)c1ccc(NC(=O)c2ccc(Cl)s2)cc1)C1CC2CCC1C2. The molecule has 8 heteroatoms. The van der Waals surface area contributed by atoms with E-state index < -0.39 is 10.0 Å². The van der Waals surface area contributed by atoms with Gasteiger partial charge in [0, 0.05) is 11.7 Å². The molecule has 0 saturated heterocycles. The Kier molecular flexibility index (Phi) is 5.53. The summed E-state index contributed by atoms with van der Waals surface area (Å²) in [5.41, 5.74) is 0.537. The lowest BCUT2D eigenvalue weighted by atomic mass is 9.84. The average molecular weight is 439 g/mol. The summed E-state index contributed by atoms with van der Waals surface area (Å²) >= 11 is 7.05. The number of halogens is 1. The lowest BCUT2D eigenvalue weighted by Crippen LogP contribution is -2.40. The smallest absolute Gasteiger partial charge is 0.265 e. The summed E-state index contributed by atoms with van der Waals surface area (Å²) in [6.07, 6.45) is 4.91. The van der Waals surface area contributed by atoms with Crippen molar-refractivity contribution in [3.05, 3.63) is 45.6 Å². The van der Waals surface area contributed by atoms with Gasteiger partial charge in [-0.15, -0.1) is 11.3 Å². The third kappa shape index (κ3) is 4.13. The van der Waals surface area contributed by atoms with Gasteiger partial charge in [-0.25, -0.2) is 13.1 Å². The number of hydrogen-bond donors (Lipinski definition) is 2. The van der Waals surface area contributed by atoms with Crippen molar-refractivity contribution in [1.29, 1.82) is 0 Å². The minimum absolute atomic E-state index is 0.0664. The van der Waals surface area contributed by atoms with E-state index in [1.807, 2.05) is 6.92 Å². The van der Waals surface area contributed by atoms with Gasteiger partial charge in [0.25, 0.3) is 5.91 Å². The molecule has 0 aliphatic heterocycles. The van der Waals surface area contributed by atoms with Crippen LogP contribution in [0.15, 0.2) is 41.3 Å². The molecular formula is C20H23ClN2O3S2. The number of carbonyl (C=O) groups is 1. The Balaban J connectivity index is 1.40. The molecule has 150 valence electrons. The molecule has 1 amide bonds. The number of benzene rings is 1. The third-order valence-corrected chi connectivity index (χ3v) is 8.80. The van der Waals surface area contributed by atoms with E-state index in [1.165, 1.54) is 42.7 Å². The molecule has 1 aromatic heterocycles. The van der Waals surface area contributed by atoms with Crippen molar-refractivity contribution >= 4 is 44.6 Å². The molecule has 2 bridgehead atoms. The fraction of sp³-hybridized carbons (Fsp3) is 0.450. The van der Waals surface area contributed by atoms with Crippen LogP contribution in [0.1, 0.15) is 42.3 Å². The molecule has 2 aliphatic carbocycles. The molecule has 2 aliphatic rings. The maximum absolute atomic E-state index is 12.8. The van der Waals surface area contributed by atoms with Gasteiger partial charge in [0.05, 0.1) is 14.1 Å². The lowest BCUT2D eigenvalue weighted by Gasteiger charge is -2.28. The van der Waals surface area contributed by atoms with Crippen LogP contribution in [0.25, 0.3) is 0 Å². The summed E-state index contributed by atoms with van der Waals surface area (Å²) in [6, 6.07) is 9.50. The van der Waals surface area contributed by atoms with Crippen molar-refractivity contribution in [3.63, 3.8) is 0 Å². The molecule has 2 fully saturated rings. The Morgan fingerprint density at radius 1 is 1.14 bits per heavy atom. The molecule has 4 rings (SSSR count). The zero-order valence-electron chi connectivity index (χ0n) is 15.5. The van der Waals surface area contributed by atoms with Gasteiger partial charge in [-0.2, -0.15) is 0 Å². The van der Waals surface area contributed by atoms with Gasteiger partial charge in [0.2, 0.25) is 10.0 Å². The van der Waals surface area contributed by atoms with E-state index in [0.29, 0.717) is 26.7 Å². The first-order valence-electron chi connectivity index (χ1n) is 9.51. The summed E-state index contributed by atoms with van der Waals surface area (Å²) in [5, 5.41) is 2.75. The fourth-order valence-corrected chi connectivity index (χ4v) is 6.89. The molecule has 5 nitrogen and oxygen atoms in total. The summed E-state index contributed by atoms with van der Waals surface area (Å²) in [5.74, 6) is 1.61. The normalized spacial score (nSPS) is 25.0. The standard InChI is InChI=1S/C20H23ClN2O3S2/c1-12(17-11-13-2-3-14(17)10-13)23-28(25,26)16-6-4-15(5-7-16)22-20(24)18-8-9-19(21)27-18/h4-9,12-14,17,23H,2-3,10-11H2,1H3,(H,22,24). The number of rotatable bonds is 6. The van der Waals surface area contributed by atoms with Crippen LogP contribution in [0.3, 0.4) is 0 Å². The maximum Gasteiger partial charge on any atom is 0.265 e. The Morgan fingerprint density at radius 2 is 1.89 bits per heavy atom. The summed E-state index contributed by atoms with van der Waals surface area (Å²) in [6.45, 7) is 1.98. The van der Waals surface area contributed by atoms with Crippen LogP contribution >= 0.6 is 22.9 Å². The molecule has 2 aromatic rings. The highest BCUT2D eigenvalue weighted by Crippen LogP contribution is 2.49. The highest BCUT2D eigenvalue weighted by Gasteiger charge is 2.42. The van der Waals surface area contributed by atoms with Crippen molar-refractivity contribution in [3.8, 4) is 0 Å². The quantitative estimate of drug-likeness (QED) is 0.682. The molecule has 1 heterocycles. The third-order valence-electron chi connectivity index (χ3n) is 6.00. The van der Waals surface area contributed by atoms with Crippen LogP contribution in [-0.4, -0.2) is 20.4 Å². The molecule has 0 radical (unpaired) electrons. The highest BCUT2D eigenvalue weighted by atomic mass is 35.5. The zero-order valence-corrected chi connectivity index (χ0v) is 17.9. The topological polar surface area (TPSA) is 75.3 Å². The van der Waals surface area contributed by atoms with Gasteiger partial charge >= 0.3 is 0 Å². The number of amides is 1. The number of carbonyl (C=O) groups excluding carboxylic acids is 1. The first-order chi connectivity index (χ1) is 13.3. The Bertz CT molecular complexity index is 972. The Morgan fingerprint density at radius 3 is 2.46 bits per heavy atom. The zero-order chi connectivity index (χ0) is 19.9. The molecule has 1 aromatic carbocycles. The van der Waals surface area contributed by atoms with Crippen molar-refractivity contribution < 1.29 is 13.2 Å². The molecule has 4 unspecified atom stereocenters. The number of thiophene rings is 1. The van der Waals surface area contributed by atoms with Gasteiger partial charge in [-0.3, -0.25) is 4.79 Å². The first-order valence-corrected chi connectivity index (χ1v) is 12.2. The van der Waals surface area contributed by atoms with Gasteiger partial charge in [-0.05, 0) is 80.3 Å². The van der Waals surface area contributed by atoms with Crippen molar-refractivity contribution in [2.75, 3.05) is 5.32 Å². The van der Waals surface area contributed by atoms with Gasteiger partial charge in [0.1, 0.15) is 0 Å². The van der Waals surface area contributed by atoms with Crippen LogP contribution in [0, 0.1) is 17.8 Å². The van der Waals surface area contributed by atoms with E-state index in [0.717, 1.165) is 12.3 Å². The van der Waals surface area contributed by atoms with Gasteiger partial charge in [0.15, 0.2) is 0 Å². The predicted octanol–water partition coefficient (Wildman–Crippen LogP) is 4.76. The van der Waals surface area contributed by atoms with Crippen LogP contribution < -0.4 is 10.0 Å². The van der Waals surface area contributed by atoms with E-state index >= 15 is 0 Å². The van der Waals surface area contributed by atoms with Crippen LogP contribution in [0.4, 0.5) is 5.69 Å². The summed E-state index contributed by atoms with van der Waals surface area (Å²) in [4.78, 5) is 12.9. The Hall–Kier alpha value is -1.41. The second-order valence-electron chi connectivity index (χ2n) is 7.83. The minimum Gasteiger partial charge on any atom is -0.321 e. The average Bonchev–Trinajstić information content (AvgIpc) is 3.38. The van der Waals surface area contributed by atoms with Crippen molar-refractivity contribution in [1.82, 2.24) is 4.72 Å². The highest BCUT2D eigenvalue weighted by molar-refractivity contribution is 7.89. The first kappa shape index (κ1) is 19.9. The van der Waals surface area contributed by atoms with E-state index in [4.69, 9.17) is 11.6 Å². The largest absolute Gasteiger partial charge is 0.321 e. The summed E-state index contributed by atoms with van der Waals surface area (Å²) in [7, 11) is -3.59. The molecule has 2 N–H and O–H groups in total. The molecule has 28 heavy (non-hydrogen) atoms. The van der Waals surface area contributed by atoms with E-state index in [2.05, 4.69) is 10.0 Å². The van der Waals surface area contributed by atoms with Gasteiger partial charge in [-0.1, -0.05) is 18.0 Å². The van der Waals surface area contributed by atoms with Crippen molar-refractivity contribution in [2.24, 2.45) is 17.8 Å². The molecule has 2 saturated carbocycles. The second-order valence-corrected chi connectivity index (χ2v) is 11.3. The monoisotopic (exact) mass is 438 g/mol. The molecular weight excluding hydrogens is 416 g/mol. The number of sulfonamides is 1. The van der Waals surface area contributed by atoms with Crippen LogP contribution in [0.2, 0.25) is 4.34 Å². The van der Waals surface area contributed by atoms with E-state index in [-0.39, 0.29) is 16.8 Å². The summed E-state index contributed by atoms with van der Waals surface area (Å²) < 4.78 is 28.9. The predicted molar refractivity (Wildman–Crippen MR) is 112 cm³/mol. The number of fused-ring (bicyclic) bond motifs is 2. The van der Waals surface area contributed by atoms with E-state index in [1.54, 1.807) is 24.3 Å². The number of anilines is 1. The fourth-order valence-electron chi connectivity index (χ4n) is 4.65. The van der Waals surface area contributed by atoms with Gasteiger partial charge < -0.3 is 5.32 Å². The van der Waals surface area contributed by atoms with Crippen LogP contribution in [0.5, 0.6) is 0 Å². The maximum atomic E-state index is 12.8. The minimum atomic E-state index is -3.59. The molecule has 4 atom stereocenters. The molecule has 0 spiro atoms. The number of nitrogens with one attached hydrogen (secondary N) is 2. The van der Waals surface area contributed by atoms with Crippen LogP contribution in [-0.2, 0) is 10.0 Å². The number of hydrogen-bond acceptors (Lipinski definition) is 4. The lowest BCUT2D eigenvalue weighted by molar-refractivity contribution is 0.103. The Labute approximate surface area is 174 Å². The van der Waals surface area contributed by atoms with Crippen molar-refractivity contribution in [2.45, 2.75) is 43.5 Å². The second kappa shape index (κ2) is 7.78.